The predicted octanol–water partition coefficient (Wildman–Crippen LogP) is 5.99. The Morgan fingerprint density at radius 2 is 1.52 bits per heavy atom. The van der Waals surface area contributed by atoms with Gasteiger partial charge in [0.1, 0.15) is 5.75 Å². The van der Waals surface area contributed by atoms with Crippen LogP contribution in [-0.4, -0.2) is 23.4 Å². The lowest BCUT2D eigenvalue weighted by Gasteiger charge is -2.11. The van der Waals surface area contributed by atoms with Crippen LogP contribution in [-0.2, 0) is 4.79 Å². The molecule has 148 valence electrons. The Labute approximate surface area is 176 Å². The molecule has 0 fully saturated rings. The molecule has 0 spiro atoms. The van der Waals surface area contributed by atoms with E-state index in [9.17, 15) is 4.79 Å². The Kier molecular flexibility index (Phi) is 7.14. The van der Waals surface area contributed by atoms with Crippen LogP contribution in [0.1, 0.15) is 22.3 Å². The molecule has 29 heavy (non-hydrogen) atoms. The van der Waals surface area contributed by atoms with E-state index in [1.807, 2.05) is 12.1 Å². The second-order valence-corrected chi connectivity index (χ2v) is 7.91. The first kappa shape index (κ1) is 20.7. The summed E-state index contributed by atoms with van der Waals surface area (Å²) in [4.78, 5) is 11.7. The van der Waals surface area contributed by atoms with E-state index >= 15 is 0 Å². The van der Waals surface area contributed by atoms with Crippen LogP contribution in [0.15, 0.2) is 83.8 Å². The maximum atomic E-state index is 10.6. The van der Waals surface area contributed by atoms with Gasteiger partial charge < -0.3 is 9.84 Å². The number of aryl methyl sites for hydroxylation is 2. The first-order chi connectivity index (χ1) is 14.0. The molecule has 4 heteroatoms. The summed E-state index contributed by atoms with van der Waals surface area (Å²) < 4.78 is 5.18. The minimum absolute atomic E-state index is 0.328. The fourth-order valence-electron chi connectivity index (χ4n) is 3.03. The standard InChI is InChI=1S/C25H24O3S/c1-18-5-3-7-20(15-18)24(21-8-4-6-19(2)16-21)13-14-29-23-11-9-22(10-12-23)28-17-25(26)27/h3-13,15-16H,14,17H2,1-2H3,(H,26,27). The summed E-state index contributed by atoms with van der Waals surface area (Å²) in [7, 11) is 0. The van der Waals surface area contributed by atoms with Crippen molar-refractivity contribution < 1.29 is 14.6 Å². The van der Waals surface area contributed by atoms with E-state index < -0.39 is 5.97 Å². The fourth-order valence-corrected chi connectivity index (χ4v) is 3.80. The van der Waals surface area contributed by atoms with Gasteiger partial charge >= 0.3 is 5.97 Å². The topological polar surface area (TPSA) is 46.5 Å². The second-order valence-electron chi connectivity index (χ2n) is 6.82. The Balaban J connectivity index is 1.76. The quantitative estimate of drug-likeness (QED) is 0.468. The first-order valence-electron chi connectivity index (χ1n) is 9.43. The van der Waals surface area contributed by atoms with Crippen LogP contribution in [0.5, 0.6) is 5.75 Å². The largest absolute Gasteiger partial charge is 0.482 e. The molecule has 0 atom stereocenters. The fraction of sp³-hybridized carbons (Fsp3) is 0.160. The van der Waals surface area contributed by atoms with E-state index in [1.54, 1.807) is 23.9 Å². The van der Waals surface area contributed by atoms with Crippen LogP contribution in [0, 0.1) is 13.8 Å². The van der Waals surface area contributed by atoms with Gasteiger partial charge in [0, 0.05) is 10.6 Å². The smallest absolute Gasteiger partial charge is 0.341 e. The molecule has 3 rings (SSSR count). The Morgan fingerprint density at radius 3 is 2.03 bits per heavy atom. The summed E-state index contributed by atoms with van der Waals surface area (Å²) in [6, 6.07) is 24.7. The Morgan fingerprint density at radius 1 is 0.931 bits per heavy atom. The van der Waals surface area contributed by atoms with E-state index in [-0.39, 0.29) is 6.61 Å². The molecule has 0 amide bonds. The van der Waals surface area contributed by atoms with Crippen molar-refractivity contribution in [3.05, 3.63) is 101 Å². The van der Waals surface area contributed by atoms with Crippen molar-refractivity contribution in [2.24, 2.45) is 0 Å². The van der Waals surface area contributed by atoms with Gasteiger partial charge in [0.15, 0.2) is 6.61 Å². The van der Waals surface area contributed by atoms with Gasteiger partial charge in [-0.3, -0.25) is 0 Å². The second kappa shape index (κ2) is 9.99. The lowest BCUT2D eigenvalue weighted by molar-refractivity contribution is -0.139. The van der Waals surface area contributed by atoms with Crippen LogP contribution in [0.2, 0.25) is 0 Å². The van der Waals surface area contributed by atoms with Crippen LogP contribution >= 0.6 is 11.8 Å². The lowest BCUT2D eigenvalue weighted by Crippen LogP contribution is -2.09. The number of rotatable bonds is 8. The van der Waals surface area contributed by atoms with Gasteiger partial charge in [-0.15, -0.1) is 11.8 Å². The van der Waals surface area contributed by atoms with Gasteiger partial charge in [-0.2, -0.15) is 0 Å². The monoisotopic (exact) mass is 404 g/mol. The van der Waals surface area contributed by atoms with E-state index in [0.29, 0.717) is 5.75 Å². The molecular weight excluding hydrogens is 380 g/mol. The van der Waals surface area contributed by atoms with Gasteiger partial charge in [0.25, 0.3) is 0 Å². The number of thioether (sulfide) groups is 1. The van der Waals surface area contributed by atoms with Crippen molar-refractivity contribution in [3.63, 3.8) is 0 Å². The highest BCUT2D eigenvalue weighted by Gasteiger charge is 2.06. The molecule has 0 heterocycles. The summed E-state index contributed by atoms with van der Waals surface area (Å²) >= 11 is 1.73. The molecule has 0 radical (unpaired) electrons. The number of aliphatic carboxylic acids is 1. The molecule has 1 N–H and O–H groups in total. The maximum Gasteiger partial charge on any atom is 0.341 e. The van der Waals surface area contributed by atoms with E-state index in [1.165, 1.54) is 27.8 Å². The van der Waals surface area contributed by atoms with E-state index in [0.717, 1.165) is 10.6 Å². The van der Waals surface area contributed by atoms with Crippen molar-refractivity contribution in [2.45, 2.75) is 18.7 Å². The predicted molar refractivity (Wildman–Crippen MR) is 120 cm³/mol. The van der Waals surface area contributed by atoms with Crippen molar-refractivity contribution >= 4 is 23.3 Å². The molecule has 0 saturated heterocycles. The van der Waals surface area contributed by atoms with E-state index in [4.69, 9.17) is 9.84 Å². The van der Waals surface area contributed by atoms with Gasteiger partial charge in [-0.1, -0.05) is 65.7 Å². The van der Waals surface area contributed by atoms with Gasteiger partial charge in [0.05, 0.1) is 0 Å². The first-order valence-corrected chi connectivity index (χ1v) is 10.4. The van der Waals surface area contributed by atoms with Gasteiger partial charge in [-0.05, 0) is 54.8 Å². The zero-order valence-corrected chi connectivity index (χ0v) is 17.4. The Bertz CT molecular complexity index is 959. The third-order valence-electron chi connectivity index (χ3n) is 4.38. The summed E-state index contributed by atoms with van der Waals surface area (Å²) in [6.07, 6.45) is 2.27. The number of carboxylic acids is 1. The third kappa shape index (κ3) is 6.26. The molecular formula is C25H24O3S. The van der Waals surface area contributed by atoms with Crippen LogP contribution < -0.4 is 4.74 Å². The summed E-state index contributed by atoms with van der Waals surface area (Å²) in [5.74, 6) is 0.410. The maximum absolute atomic E-state index is 10.6. The number of benzene rings is 3. The average Bonchev–Trinajstić information content (AvgIpc) is 2.70. The van der Waals surface area contributed by atoms with Crippen LogP contribution in [0.25, 0.3) is 5.57 Å². The molecule has 0 aliphatic heterocycles. The summed E-state index contributed by atoms with van der Waals surface area (Å²) in [5.41, 5.74) is 6.14. The van der Waals surface area contributed by atoms with Crippen molar-refractivity contribution in [1.82, 2.24) is 0 Å². The zero-order chi connectivity index (χ0) is 20.6. The Hall–Kier alpha value is -2.98. The van der Waals surface area contributed by atoms with Gasteiger partial charge in [0.2, 0.25) is 0 Å². The van der Waals surface area contributed by atoms with Crippen molar-refractivity contribution in [1.29, 1.82) is 0 Å². The normalized spacial score (nSPS) is 10.4. The molecule has 3 nitrogen and oxygen atoms in total. The molecule has 3 aromatic rings. The highest BCUT2D eigenvalue weighted by Crippen LogP contribution is 2.28. The highest BCUT2D eigenvalue weighted by molar-refractivity contribution is 7.99. The lowest BCUT2D eigenvalue weighted by atomic mass is 9.95. The summed E-state index contributed by atoms with van der Waals surface area (Å²) in [5, 5.41) is 8.68. The number of hydrogen-bond acceptors (Lipinski definition) is 3. The van der Waals surface area contributed by atoms with Crippen LogP contribution in [0.3, 0.4) is 0 Å². The number of carboxylic acid groups (broad SMARTS) is 1. The van der Waals surface area contributed by atoms with Crippen molar-refractivity contribution in [3.8, 4) is 5.75 Å². The van der Waals surface area contributed by atoms with Gasteiger partial charge in [-0.25, -0.2) is 4.79 Å². The molecule has 0 unspecified atom stereocenters. The molecule has 0 aliphatic rings. The minimum atomic E-state index is -0.978. The van der Waals surface area contributed by atoms with Crippen LogP contribution in [0.4, 0.5) is 0 Å². The average molecular weight is 405 g/mol. The molecule has 0 aliphatic carbocycles. The number of hydrogen-bond donors (Lipinski definition) is 1. The third-order valence-corrected chi connectivity index (χ3v) is 5.32. The molecule has 0 aromatic heterocycles. The molecule has 0 bridgehead atoms. The van der Waals surface area contributed by atoms with Crippen molar-refractivity contribution in [2.75, 3.05) is 12.4 Å². The minimum Gasteiger partial charge on any atom is -0.482 e. The number of carbonyl (C=O) groups is 1. The number of ether oxygens (including phenoxy) is 1. The molecule has 0 saturated carbocycles. The van der Waals surface area contributed by atoms with E-state index in [2.05, 4.69) is 68.5 Å². The zero-order valence-electron chi connectivity index (χ0n) is 16.6. The summed E-state index contributed by atoms with van der Waals surface area (Å²) in [6.45, 7) is 3.89. The molecule has 3 aromatic carbocycles. The highest BCUT2D eigenvalue weighted by atomic mass is 32.2. The SMILES string of the molecule is Cc1cccc(C(=CCSc2ccc(OCC(=O)O)cc2)c2cccc(C)c2)c1.